The molecule has 0 aliphatic carbocycles. The molecule has 2 rings (SSSR count). The van der Waals surface area contributed by atoms with Crippen molar-refractivity contribution in [3.63, 3.8) is 0 Å². The van der Waals surface area contributed by atoms with Crippen LogP contribution in [0, 0.1) is 0 Å². The Hall–Kier alpha value is -3.39. The quantitative estimate of drug-likeness (QED) is 0.340. The van der Waals surface area contributed by atoms with Crippen molar-refractivity contribution in [1.82, 2.24) is 5.32 Å². The zero-order chi connectivity index (χ0) is 24.8. The maximum absolute atomic E-state index is 12.5. The van der Waals surface area contributed by atoms with Crippen LogP contribution in [0.3, 0.4) is 0 Å². The van der Waals surface area contributed by atoms with Crippen LogP contribution in [0.2, 0.25) is 0 Å². The molecule has 34 heavy (non-hydrogen) atoms. The van der Waals surface area contributed by atoms with Gasteiger partial charge in [-0.3, -0.25) is 19.7 Å². The average Bonchev–Trinajstić information content (AvgIpc) is 2.83. The summed E-state index contributed by atoms with van der Waals surface area (Å²) in [5.41, 5.74) is 2.68. The number of hydrogen-bond donors (Lipinski definition) is 3. The fourth-order valence-electron chi connectivity index (χ4n) is 3.58. The van der Waals surface area contributed by atoms with E-state index in [0.717, 1.165) is 16.8 Å². The number of carbonyl (C=O) groups excluding carboxylic acids is 2. The lowest BCUT2D eigenvalue weighted by Crippen LogP contribution is -2.48. The number of para-hydroxylation sites is 1. The number of rotatable bonds is 15. The Morgan fingerprint density at radius 2 is 1.50 bits per heavy atom. The van der Waals surface area contributed by atoms with Crippen molar-refractivity contribution < 1.29 is 29.0 Å². The van der Waals surface area contributed by atoms with Crippen LogP contribution in [-0.4, -0.2) is 54.9 Å². The van der Waals surface area contributed by atoms with Crippen molar-refractivity contribution in [3.8, 4) is 0 Å². The third kappa shape index (κ3) is 9.23. The molecule has 2 aromatic carbocycles. The average molecular weight is 471 g/mol. The van der Waals surface area contributed by atoms with Gasteiger partial charge in [0.15, 0.2) is 0 Å². The van der Waals surface area contributed by atoms with Gasteiger partial charge in [-0.15, -0.1) is 0 Å². The first kappa shape index (κ1) is 26.9. The summed E-state index contributed by atoms with van der Waals surface area (Å²) in [6, 6.07) is 15.4. The molecule has 0 bridgehead atoms. The molecular formula is C26H34N2O6. The van der Waals surface area contributed by atoms with Crippen LogP contribution >= 0.6 is 0 Å². The third-order valence-corrected chi connectivity index (χ3v) is 5.28. The molecule has 0 saturated heterocycles. The molecule has 0 saturated carbocycles. The Morgan fingerprint density at radius 1 is 0.853 bits per heavy atom. The molecule has 0 fully saturated rings. The van der Waals surface area contributed by atoms with E-state index in [9.17, 15) is 19.5 Å². The van der Waals surface area contributed by atoms with Gasteiger partial charge >= 0.3 is 17.9 Å². The summed E-state index contributed by atoms with van der Waals surface area (Å²) in [6.07, 6.45) is 1.73. The molecule has 0 aliphatic rings. The van der Waals surface area contributed by atoms with E-state index in [1.807, 2.05) is 54.6 Å². The van der Waals surface area contributed by atoms with E-state index in [-0.39, 0.29) is 25.5 Å². The number of hydrogen-bond acceptors (Lipinski definition) is 7. The Bertz CT molecular complexity index is 919. The predicted molar refractivity (Wildman–Crippen MR) is 130 cm³/mol. The summed E-state index contributed by atoms with van der Waals surface area (Å²) >= 11 is 0. The highest BCUT2D eigenvalue weighted by molar-refractivity contribution is 5.79. The monoisotopic (exact) mass is 470 g/mol. The second-order valence-corrected chi connectivity index (χ2v) is 7.74. The Morgan fingerprint density at radius 3 is 2.18 bits per heavy atom. The Labute approximate surface area is 200 Å². The van der Waals surface area contributed by atoms with Crippen molar-refractivity contribution in [2.45, 2.75) is 51.6 Å². The van der Waals surface area contributed by atoms with Crippen molar-refractivity contribution in [3.05, 3.63) is 65.7 Å². The maximum atomic E-state index is 12.5. The summed E-state index contributed by atoms with van der Waals surface area (Å²) in [6.45, 7) is 4.02. The first-order chi connectivity index (χ1) is 16.4. The van der Waals surface area contributed by atoms with Gasteiger partial charge < -0.3 is 19.9 Å². The Balaban J connectivity index is 2.04. The number of carbonyl (C=O) groups is 3. The van der Waals surface area contributed by atoms with Gasteiger partial charge in [0.25, 0.3) is 0 Å². The molecule has 0 aromatic heterocycles. The summed E-state index contributed by atoms with van der Waals surface area (Å²) in [4.78, 5) is 36.2. The van der Waals surface area contributed by atoms with Gasteiger partial charge in [-0.05, 0) is 56.7 Å². The van der Waals surface area contributed by atoms with E-state index >= 15 is 0 Å². The van der Waals surface area contributed by atoms with Crippen LogP contribution in [0.4, 0.5) is 5.69 Å². The summed E-state index contributed by atoms with van der Waals surface area (Å²) in [5, 5.41) is 15.9. The smallest absolute Gasteiger partial charge is 0.325 e. The van der Waals surface area contributed by atoms with Crippen LogP contribution in [0.15, 0.2) is 54.6 Å². The minimum absolute atomic E-state index is 0.0237. The molecule has 8 nitrogen and oxygen atoms in total. The zero-order valence-corrected chi connectivity index (χ0v) is 19.8. The molecule has 0 amide bonds. The highest BCUT2D eigenvalue weighted by Crippen LogP contribution is 2.18. The van der Waals surface area contributed by atoms with Gasteiger partial charge in [0.2, 0.25) is 0 Å². The van der Waals surface area contributed by atoms with E-state index in [2.05, 4.69) is 10.6 Å². The molecule has 0 radical (unpaired) electrons. The Kier molecular flexibility index (Phi) is 11.6. The van der Waals surface area contributed by atoms with Crippen molar-refractivity contribution in [2.75, 3.05) is 25.1 Å². The zero-order valence-electron chi connectivity index (χ0n) is 19.8. The SMILES string of the molecule is CCOC(=O)CNc1ccccc1CCC(NC(CCc1ccccc1)C(=O)OCC)C(=O)O. The van der Waals surface area contributed by atoms with E-state index in [0.29, 0.717) is 25.9 Å². The number of esters is 2. The molecule has 0 heterocycles. The third-order valence-electron chi connectivity index (χ3n) is 5.28. The highest BCUT2D eigenvalue weighted by Gasteiger charge is 2.27. The fraction of sp³-hybridized carbons (Fsp3) is 0.423. The second kappa shape index (κ2) is 14.7. The minimum atomic E-state index is -1.04. The topological polar surface area (TPSA) is 114 Å². The van der Waals surface area contributed by atoms with Crippen LogP contribution in [0.25, 0.3) is 0 Å². The molecule has 2 aromatic rings. The first-order valence-corrected chi connectivity index (χ1v) is 11.6. The van der Waals surface area contributed by atoms with Crippen LogP contribution < -0.4 is 10.6 Å². The van der Waals surface area contributed by atoms with Crippen LogP contribution in [0.5, 0.6) is 0 Å². The number of aliphatic carboxylic acids is 1. The molecule has 0 aliphatic heterocycles. The molecule has 2 unspecified atom stereocenters. The van der Waals surface area contributed by atoms with Crippen molar-refractivity contribution in [1.29, 1.82) is 0 Å². The van der Waals surface area contributed by atoms with Crippen LogP contribution in [-0.2, 0) is 36.7 Å². The lowest BCUT2D eigenvalue weighted by molar-refractivity contribution is -0.147. The second-order valence-electron chi connectivity index (χ2n) is 7.74. The van der Waals surface area contributed by atoms with Crippen LogP contribution in [0.1, 0.15) is 37.8 Å². The largest absolute Gasteiger partial charge is 0.480 e. The highest BCUT2D eigenvalue weighted by atomic mass is 16.5. The number of benzene rings is 2. The standard InChI is InChI=1S/C26H34N2O6/c1-3-33-24(29)18-27-21-13-9-8-12-20(21)15-17-22(25(30)31)28-23(26(32)34-4-2)16-14-19-10-6-5-7-11-19/h5-13,22-23,27-28H,3-4,14-18H2,1-2H3,(H,30,31). The first-order valence-electron chi connectivity index (χ1n) is 11.6. The van der Waals surface area contributed by atoms with Gasteiger partial charge in [-0.25, -0.2) is 0 Å². The molecule has 8 heteroatoms. The fourth-order valence-corrected chi connectivity index (χ4v) is 3.58. The number of carboxylic acid groups (broad SMARTS) is 1. The number of nitrogens with one attached hydrogen (secondary N) is 2. The summed E-state index contributed by atoms with van der Waals surface area (Å²) in [7, 11) is 0. The van der Waals surface area contributed by atoms with E-state index in [1.54, 1.807) is 13.8 Å². The van der Waals surface area contributed by atoms with E-state index < -0.39 is 24.0 Å². The van der Waals surface area contributed by atoms with Gasteiger partial charge in [0, 0.05) is 5.69 Å². The summed E-state index contributed by atoms with van der Waals surface area (Å²) < 4.78 is 10.1. The van der Waals surface area contributed by atoms with Gasteiger partial charge in [-0.2, -0.15) is 0 Å². The van der Waals surface area contributed by atoms with Gasteiger partial charge in [0.1, 0.15) is 18.6 Å². The van der Waals surface area contributed by atoms with E-state index in [4.69, 9.17) is 9.47 Å². The number of ether oxygens (including phenoxy) is 2. The minimum Gasteiger partial charge on any atom is -0.480 e. The molecular weight excluding hydrogens is 436 g/mol. The maximum Gasteiger partial charge on any atom is 0.325 e. The normalized spacial score (nSPS) is 12.4. The van der Waals surface area contributed by atoms with Crippen molar-refractivity contribution >= 4 is 23.6 Å². The lowest BCUT2D eigenvalue weighted by Gasteiger charge is -2.22. The number of anilines is 1. The molecule has 2 atom stereocenters. The number of aryl methyl sites for hydroxylation is 2. The van der Waals surface area contributed by atoms with Crippen molar-refractivity contribution in [2.24, 2.45) is 0 Å². The predicted octanol–water partition coefficient (Wildman–Crippen LogP) is 3.20. The van der Waals surface area contributed by atoms with E-state index in [1.165, 1.54) is 0 Å². The summed E-state index contributed by atoms with van der Waals surface area (Å²) in [5.74, 6) is -1.86. The lowest BCUT2D eigenvalue weighted by atomic mass is 10.0. The number of carboxylic acids is 1. The molecule has 3 N–H and O–H groups in total. The molecule has 184 valence electrons. The van der Waals surface area contributed by atoms with Gasteiger partial charge in [0.05, 0.1) is 13.2 Å². The van der Waals surface area contributed by atoms with Gasteiger partial charge in [-0.1, -0.05) is 48.5 Å². The molecule has 0 spiro atoms.